The van der Waals surface area contributed by atoms with Crippen LogP contribution in [0.15, 0.2) is 0 Å². The van der Waals surface area contributed by atoms with Crippen molar-refractivity contribution >= 4 is 13.5 Å². The van der Waals surface area contributed by atoms with Gasteiger partial charge in [-0.15, -0.1) is 6.42 Å². The summed E-state index contributed by atoms with van der Waals surface area (Å²) in [7, 11) is 0.0254. The fourth-order valence-corrected chi connectivity index (χ4v) is 0.898. The third-order valence-corrected chi connectivity index (χ3v) is 1.73. The van der Waals surface area contributed by atoms with Crippen molar-refractivity contribution in [1.29, 1.82) is 0 Å². The van der Waals surface area contributed by atoms with Crippen LogP contribution >= 0.6 is 0 Å². The van der Waals surface area contributed by atoms with E-state index < -0.39 is 17.9 Å². The molecule has 6 heteroatoms. The molecule has 0 radical (unpaired) electrons. The van der Waals surface area contributed by atoms with Gasteiger partial charge >= 0.3 is 5.97 Å². The SMILES string of the molecule is C#CCOC(C)C(BOCN)C(=O)O. The average Bonchev–Trinajstić information content (AvgIpc) is 2.14. The number of hydrogen-bond acceptors (Lipinski definition) is 4. The minimum absolute atomic E-state index is 0.00829. The van der Waals surface area contributed by atoms with Gasteiger partial charge in [-0.2, -0.15) is 0 Å². The summed E-state index contributed by atoms with van der Waals surface area (Å²) >= 11 is 0. The Bertz CT molecular complexity index is 216. The molecule has 0 saturated carbocycles. The van der Waals surface area contributed by atoms with E-state index in [4.69, 9.17) is 26.7 Å². The van der Waals surface area contributed by atoms with E-state index in [9.17, 15) is 4.79 Å². The van der Waals surface area contributed by atoms with Crippen LogP contribution < -0.4 is 5.73 Å². The third-order valence-electron chi connectivity index (χ3n) is 1.73. The highest BCUT2D eigenvalue weighted by molar-refractivity contribution is 6.37. The Labute approximate surface area is 83.8 Å². The van der Waals surface area contributed by atoms with E-state index in [2.05, 4.69) is 5.92 Å². The molecule has 0 bridgehead atoms. The molecule has 0 aromatic heterocycles. The first-order valence-corrected chi connectivity index (χ1v) is 4.19. The molecule has 0 aliphatic heterocycles. The van der Waals surface area contributed by atoms with Gasteiger partial charge in [-0.3, -0.25) is 4.79 Å². The number of aliphatic carboxylic acids is 1. The van der Waals surface area contributed by atoms with Crippen molar-refractivity contribution in [1.82, 2.24) is 0 Å². The molecule has 0 aliphatic carbocycles. The Morgan fingerprint density at radius 2 is 2.43 bits per heavy atom. The van der Waals surface area contributed by atoms with Crippen LogP contribution in [-0.2, 0) is 14.2 Å². The topological polar surface area (TPSA) is 81.8 Å². The molecule has 0 rings (SSSR count). The molecular formula is C8H14BNO4. The van der Waals surface area contributed by atoms with E-state index in [0.29, 0.717) is 0 Å². The number of terminal acetylenes is 1. The monoisotopic (exact) mass is 199 g/mol. The summed E-state index contributed by atoms with van der Waals surface area (Å²) in [5.41, 5.74) is 5.09. The van der Waals surface area contributed by atoms with Gasteiger partial charge in [0.1, 0.15) is 6.61 Å². The second-order valence-corrected chi connectivity index (χ2v) is 2.70. The van der Waals surface area contributed by atoms with Crippen molar-refractivity contribution in [3.63, 3.8) is 0 Å². The molecule has 0 aromatic rings. The zero-order chi connectivity index (χ0) is 11.0. The molecule has 0 amide bonds. The maximum absolute atomic E-state index is 10.8. The van der Waals surface area contributed by atoms with Crippen LogP contribution in [0, 0.1) is 12.3 Å². The number of carboxylic acids is 1. The summed E-state index contributed by atoms with van der Waals surface area (Å²) in [6, 6.07) is 0. The average molecular weight is 199 g/mol. The van der Waals surface area contributed by atoms with Crippen molar-refractivity contribution in [2.24, 2.45) is 5.73 Å². The van der Waals surface area contributed by atoms with Crippen LogP contribution in [-0.4, -0.2) is 38.0 Å². The lowest BCUT2D eigenvalue weighted by Crippen LogP contribution is -2.30. The Morgan fingerprint density at radius 1 is 1.79 bits per heavy atom. The van der Waals surface area contributed by atoms with Gasteiger partial charge in [-0.05, 0) is 6.92 Å². The predicted octanol–water partition coefficient (Wildman–Crippen LogP) is -0.818. The van der Waals surface area contributed by atoms with Gasteiger partial charge < -0.3 is 20.2 Å². The zero-order valence-corrected chi connectivity index (χ0v) is 8.10. The van der Waals surface area contributed by atoms with Gasteiger partial charge in [0.05, 0.1) is 18.7 Å². The molecule has 0 aromatic carbocycles. The largest absolute Gasteiger partial charge is 0.481 e. The number of ether oxygens (including phenoxy) is 1. The minimum Gasteiger partial charge on any atom is -0.481 e. The van der Waals surface area contributed by atoms with Crippen molar-refractivity contribution < 1.29 is 19.3 Å². The van der Waals surface area contributed by atoms with Gasteiger partial charge in [0.25, 0.3) is 7.48 Å². The molecule has 2 atom stereocenters. The first kappa shape index (κ1) is 13.0. The lowest BCUT2D eigenvalue weighted by Gasteiger charge is -2.18. The van der Waals surface area contributed by atoms with Gasteiger partial charge in [0.2, 0.25) is 0 Å². The molecule has 3 N–H and O–H groups in total. The quantitative estimate of drug-likeness (QED) is 0.318. The highest BCUT2D eigenvalue weighted by Gasteiger charge is 2.27. The van der Waals surface area contributed by atoms with Crippen LogP contribution in [0.1, 0.15) is 6.92 Å². The third kappa shape index (κ3) is 4.87. The van der Waals surface area contributed by atoms with Crippen molar-refractivity contribution in [2.45, 2.75) is 18.8 Å². The molecular weight excluding hydrogens is 185 g/mol. The summed E-state index contributed by atoms with van der Waals surface area (Å²) in [6.45, 7) is 1.72. The maximum atomic E-state index is 10.8. The van der Waals surface area contributed by atoms with E-state index in [-0.39, 0.29) is 20.8 Å². The molecule has 78 valence electrons. The van der Waals surface area contributed by atoms with Crippen LogP contribution in [0.3, 0.4) is 0 Å². The Morgan fingerprint density at radius 3 is 2.86 bits per heavy atom. The first-order valence-electron chi connectivity index (χ1n) is 4.19. The molecule has 14 heavy (non-hydrogen) atoms. The standard InChI is InChI=1S/C8H14BNO4/c1-3-4-13-6(2)7(8(11)12)9-14-5-10/h1,6-7,9H,4-5,10H2,2H3,(H,11,12). The predicted molar refractivity (Wildman–Crippen MR) is 52.9 cm³/mol. The van der Waals surface area contributed by atoms with E-state index >= 15 is 0 Å². The van der Waals surface area contributed by atoms with E-state index in [1.165, 1.54) is 0 Å². The van der Waals surface area contributed by atoms with Crippen LogP contribution in [0.4, 0.5) is 0 Å². The zero-order valence-electron chi connectivity index (χ0n) is 8.10. The van der Waals surface area contributed by atoms with E-state index in [1.54, 1.807) is 6.92 Å². The number of carbonyl (C=O) groups is 1. The lowest BCUT2D eigenvalue weighted by atomic mass is 9.76. The highest BCUT2D eigenvalue weighted by Crippen LogP contribution is 2.13. The minimum atomic E-state index is -0.983. The Kier molecular flexibility index (Phi) is 6.84. The molecule has 0 heterocycles. The lowest BCUT2D eigenvalue weighted by molar-refractivity contribution is -0.139. The normalized spacial score (nSPS) is 14.1. The molecule has 5 nitrogen and oxygen atoms in total. The van der Waals surface area contributed by atoms with Gasteiger partial charge in [0.15, 0.2) is 0 Å². The van der Waals surface area contributed by atoms with Crippen LogP contribution in [0.25, 0.3) is 0 Å². The molecule has 0 aliphatic rings. The summed E-state index contributed by atoms with van der Waals surface area (Å²) in [5, 5.41) is 8.82. The second-order valence-electron chi connectivity index (χ2n) is 2.70. The number of carboxylic acid groups (broad SMARTS) is 1. The molecule has 0 spiro atoms. The number of nitrogens with two attached hydrogens (primary N) is 1. The smallest absolute Gasteiger partial charge is 0.304 e. The van der Waals surface area contributed by atoms with Crippen molar-refractivity contribution in [3.8, 4) is 12.3 Å². The maximum Gasteiger partial charge on any atom is 0.304 e. The fourth-order valence-electron chi connectivity index (χ4n) is 0.898. The molecule has 0 saturated heterocycles. The van der Waals surface area contributed by atoms with Crippen molar-refractivity contribution in [2.75, 3.05) is 13.3 Å². The van der Waals surface area contributed by atoms with Gasteiger partial charge in [0, 0.05) is 0 Å². The number of hydrogen-bond donors (Lipinski definition) is 2. The Hall–Kier alpha value is -1.03. The van der Waals surface area contributed by atoms with Gasteiger partial charge in [-0.1, -0.05) is 5.92 Å². The fraction of sp³-hybridized carbons (Fsp3) is 0.625. The van der Waals surface area contributed by atoms with E-state index in [0.717, 1.165) is 0 Å². The van der Waals surface area contributed by atoms with Crippen LogP contribution in [0.5, 0.6) is 0 Å². The molecule has 2 unspecified atom stereocenters. The highest BCUT2D eigenvalue weighted by atomic mass is 16.5. The number of rotatable bonds is 7. The summed E-state index contributed by atoms with van der Waals surface area (Å²) in [5.74, 6) is 0.541. The summed E-state index contributed by atoms with van der Waals surface area (Å²) in [6.07, 6.45) is 4.49. The Balaban J connectivity index is 4.05. The van der Waals surface area contributed by atoms with Gasteiger partial charge in [-0.25, -0.2) is 0 Å². The summed E-state index contributed by atoms with van der Waals surface area (Å²) < 4.78 is 9.90. The van der Waals surface area contributed by atoms with E-state index in [1.807, 2.05) is 0 Å². The van der Waals surface area contributed by atoms with Crippen LogP contribution in [0.2, 0.25) is 5.82 Å². The second kappa shape index (κ2) is 7.39. The summed E-state index contributed by atoms with van der Waals surface area (Å²) in [4.78, 5) is 10.8. The molecule has 0 fully saturated rings. The van der Waals surface area contributed by atoms with Crippen molar-refractivity contribution in [3.05, 3.63) is 0 Å². The first-order chi connectivity index (χ1) is 6.63.